The minimum Gasteiger partial charge on any atom is -0.355 e. The zero-order chi connectivity index (χ0) is 13.2. The smallest absolute Gasteiger partial charge is 0.156 e. The highest BCUT2D eigenvalue weighted by Crippen LogP contribution is 2.25. The number of hydrogen-bond donors (Lipinski definition) is 1. The van der Waals surface area contributed by atoms with Crippen LogP contribution in [0.4, 0.5) is 5.82 Å². The number of hydrogen-bond acceptors (Lipinski definition) is 4. The molecule has 3 heterocycles. The first kappa shape index (κ1) is 11.9. The maximum absolute atomic E-state index is 11.4. The van der Waals surface area contributed by atoms with Gasteiger partial charge in [0.1, 0.15) is 11.3 Å². The van der Waals surface area contributed by atoms with Gasteiger partial charge >= 0.3 is 0 Å². The van der Waals surface area contributed by atoms with Gasteiger partial charge in [0.05, 0.1) is 6.20 Å². The third-order valence-electron chi connectivity index (χ3n) is 3.58. The fraction of sp³-hybridized carbons (Fsp3) is 0.357. The first-order valence-electron chi connectivity index (χ1n) is 6.46. The monoisotopic (exact) mass is 256 g/mol. The number of nitrogens with zero attached hydrogens (tertiary/aromatic N) is 3. The number of anilines is 1. The molecule has 19 heavy (non-hydrogen) atoms. The topological polar surface area (TPSA) is 61.9 Å². The van der Waals surface area contributed by atoms with Gasteiger partial charge in [-0.15, -0.1) is 0 Å². The van der Waals surface area contributed by atoms with Crippen LogP contribution in [0.2, 0.25) is 0 Å². The Kier molecular flexibility index (Phi) is 3.03. The molecule has 1 saturated heterocycles. The molecule has 1 aliphatic heterocycles. The summed E-state index contributed by atoms with van der Waals surface area (Å²) in [5, 5.41) is 0. The third-order valence-corrected chi connectivity index (χ3v) is 3.58. The normalized spacial score (nSPS) is 18.9. The van der Waals surface area contributed by atoms with Gasteiger partial charge in [0.15, 0.2) is 11.4 Å². The van der Waals surface area contributed by atoms with Crippen molar-refractivity contribution in [3.05, 3.63) is 31.1 Å². The van der Waals surface area contributed by atoms with E-state index in [1.165, 1.54) is 6.08 Å². The van der Waals surface area contributed by atoms with Gasteiger partial charge in [-0.25, -0.2) is 9.97 Å². The molecule has 0 aromatic carbocycles. The second-order valence-corrected chi connectivity index (χ2v) is 4.91. The Labute approximate surface area is 111 Å². The zero-order valence-corrected chi connectivity index (χ0v) is 10.7. The van der Waals surface area contributed by atoms with E-state index < -0.39 is 0 Å². The Morgan fingerprint density at radius 3 is 3.37 bits per heavy atom. The van der Waals surface area contributed by atoms with Gasteiger partial charge in [0.25, 0.3) is 0 Å². The van der Waals surface area contributed by atoms with Gasteiger partial charge in [-0.3, -0.25) is 4.79 Å². The Balaban J connectivity index is 1.73. The number of rotatable bonds is 4. The molecule has 3 rings (SSSR count). The molecular formula is C14H16N4O. The number of aromatic amines is 1. The van der Waals surface area contributed by atoms with Crippen LogP contribution in [-0.2, 0) is 4.79 Å². The number of fused-ring (bicyclic) bond motifs is 1. The lowest BCUT2D eigenvalue weighted by atomic mass is 10.0. The maximum Gasteiger partial charge on any atom is 0.156 e. The van der Waals surface area contributed by atoms with Crippen LogP contribution in [0, 0.1) is 5.92 Å². The lowest BCUT2D eigenvalue weighted by Gasteiger charge is -2.16. The Morgan fingerprint density at radius 1 is 1.63 bits per heavy atom. The molecule has 98 valence electrons. The van der Waals surface area contributed by atoms with E-state index >= 15 is 0 Å². The molecule has 0 saturated carbocycles. The minimum absolute atomic E-state index is 0.124. The van der Waals surface area contributed by atoms with Crippen LogP contribution in [0.5, 0.6) is 0 Å². The number of carbonyl (C=O) groups excluding carboxylic acids is 1. The molecule has 0 amide bonds. The highest BCUT2D eigenvalue weighted by atomic mass is 16.1. The largest absolute Gasteiger partial charge is 0.355 e. The van der Waals surface area contributed by atoms with Gasteiger partial charge in [-0.1, -0.05) is 6.58 Å². The second-order valence-electron chi connectivity index (χ2n) is 4.91. The van der Waals surface area contributed by atoms with Crippen LogP contribution in [0.15, 0.2) is 31.1 Å². The minimum atomic E-state index is 0.124. The summed E-state index contributed by atoms with van der Waals surface area (Å²) < 4.78 is 0. The molecule has 5 nitrogen and oxygen atoms in total. The predicted octanol–water partition coefficient (Wildman–Crippen LogP) is 1.93. The summed E-state index contributed by atoms with van der Waals surface area (Å²) in [5.41, 5.74) is 1.68. The van der Waals surface area contributed by atoms with Gasteiger partial charge in [-0.05, 0) is 24.5 Å². The van der Waals surface area contributed by atoms with E-state index in [0.29, 0.717) is 12.3 Å². The number of ketones is 1. The van der Waals surface area contributed by atoms with E-state index in [1.807, 2.05) is 12.3 Å². The van der Waals surface area contributed by atoms with Gasteiger partial charge in [0.2, 0.25) is 0 Å². The summed E-state index contributed by atoms with van der Waals surface area (Å²) in [6.45, 7) is 5.31. The van der Waals surface area contributed by atoms with E-state index in [0.717, 1.165) is 36.5 Å². The summed E-state index contributed by atoms with van der Waals surface area (Å²) >= 11 is 0. The summed E-state index contributed by atoms with van der Waals surface area (Å²) in [4.78, 5) is 25.5. The molecule has 5 heteroatoms. The molecule has 1 aliphatic rings. The first-order chi connectivity index (χ1) is 9.26. The van der Waals surface area contributed by atoms with Crippen LogP contribution in [0.25, 0.3) is 11.2 Å². The van der Waals surface area contributed by atoms with Crippen LogP contribution in [0.3, 0.4) is 0 Å². The zero-order valence-electron chi connectivity index (χ0n) is 10.7. The average molecular weight is 256 g/mol. The second kappa shape index (κ2) is 4.84. The van der Waals surface area contributed by atoms with E-state index in [9.17, 15) is 4.79 Å². The highest BCUT2D eigenvalue weighted by Gasteiger charge is 2.25. The number of H-pyrrole nitrogens is 1. The molecular weight excluding hydrogens is 240 g/mol. The maximum atomic E-state index is 11.4. The van der Waals surface area contributed by atoms with Crippen molar-refractivity contribution in [3.63, 3.8) is 0 Å². The molecule has 0 spiro atoms. The van der Waals surface area contributed by atoms with E-state index in [1.54, 1.807) is 6.20 Å². The van der Waals surface area contributed by atoms with Crippen molar-refractivity contribution in [2.24, 2.45) is 5.92 Å². The lowest BCUT2D eigenvalue weighted by molar-refractivity contribution is -0.115. The van der Waals surface area contributed by atoms with E-state index in [4.69, 9.17) is 0 Å². The SMILES string of the molecule is C=CC(=O)CC1CCN(c2cnc3[nH]ccc3n2)C1. The summed E-state index contributed by atoms with van der Waals surface area (Å²) in [7, 11) is 0. The molecule has 1 atom stereocenters. The number of allylic oxidation sites excluding steroid dienone is 1. The van der Waals surface area contributed by atoms with Crippen molar-refractivity contribution < 1.29 is 4.79 Å². The van der Waals surface area contributed by atoms with Gasteiger partial charge in [0, 0.05) is 25.7 Å². The van der Waals surface area contributed by atoms with Crippen molar-refractivity contribution in [3.8, 4) is 0 Å². The van der Waals surface area contributed by atoms with Gasteiger partial charge < -0.3 is 9.88 Å². The molecule has 2 aromatic rings. The Morgan fingerprint density at radius 2 is 2.53 bits per heavy atom. The number of nitrogens with one attached hydrogen (secondary N) is 1. The molecule has 1 unspecified atom stereocenters. The quantitative estimate of drug-likeness (QED) is 0.849. The Hall–Kier alpha value is -2.17. The first-order valence-corrected chi connectivity index (χ1v) is 6.46. The molecule has 1 fully saturated rings. The van der Waals surface area contributed by atoms with Crippen LogP contribution in [-0.4, -0.2) is 33.8 Å². The van der Waals surface area contributed by atoms with E-state index in [2.05, 4.69) is 26.4 Å². The third kappa shape index (κ3) is 2.36. The van der Waals surface area contributed by atoms with Crippen LogP contribution < -0.4 is 4.90 Å². The molecule has 2 aromatic heterocycles. The van der Waals surface area contributed by atoms with E-state index in [-0.39, 0.29) is 5.78 Å². The molecule has 1 N–H and O–H groups in total. The molecule has 0 aliphatic carbocycles. The van der Waals surface area contributed by atoms with Crippen molar-refractivity contribution in [2.75, 3.05) is 18.0 Å². The Bertz CT molecular complexity index is 619. The lowest BCUT2D eigenvalue weighted by Crippen LogP contribution is -2.21. The average Bonchev–Trinajstić information content (AvgIpc) is 3.05. The standard InChI is InChI=1S/C14H16N4O/c1-2-11(19)7-10-4-6-18(9-10)13-8-16-14-12(17-13)3-5-15-14/h2-3,5,8,10H,1,4,6-7,9H2,(H,15,16). The summed E-state index contributed by atoms with van der Waals surface area (Å²) in [6, 6.07) is 1.92. The summed E-state index contributed by atoms with van der Waals surface area (Å²) in [5.74, 6) is 1.41. The van der Waals surface area contributed by atoms with Crippen LogP contribution in [0.1, 0.15) is 12.8 Å². The summed E-state index contributed by atoms with van der Waals surface area (Å²) in [6.07, 6.45) is 6.64. The fourth-order valence-electron chi connectivity index (χ4n) is 2.55. The fourth-order valence-corrected chi connectivity index (χ4v) is 2.55. The van der Waals surface area contributed by atoms with Crippen molar-refractivity contribution in [1.29, 1.82) is 0 Å². The number of carbonyl (C=O) groups is 1. The molecule has 0 radical (unpaired) electrons. The predicted molar refractivity (Wildman–Crippen MR) is 74.0 cm³/mol. The van der Waals surface area contributed by atoms with Crippen LogP contribution >= 0.6 is 0 Å². The van der Waals surface area contributed by atoms with Gasteiger partial charge in [-0.2, -0.15) is 0 Å². The van der Waals surface area contributed by atoms with Crippen molar-refractivity contribution >= 4 is 22.8 Å². The van der Waals surface area contributed by atoms with Crippen molar-refractivity contribution in [2.45, 2.75) is 12.8 Å². The van der Waals surface area contributed by atoms with Crippen molar-refractivity contribution in [1.82, 2.24) is 15.0 Å². The highest BCUT2D eigenvalue weighted by molar-refractivity contribution is 5.89. The number of aromatic nitrogens is 3. The molecule has 0 bridgehead atoms.